The number of hydrogen-bond acceptors (Lipinski definition) is 2. The van der Waals surface area contributed by atoms with E-state index in [0.717, 1.165) is 12.8 Å². The summed E-state index contributed by atoms with van der Waals surface area (Å²) in [5.74, 6) is 0.882. The third-order valence-electron chi connectivity index (χ3n) is 3.29. The summed E-state index contributed by atoms with van der Waals surface area (Å²) < 4.78 is 0. The lowest BCUT2D eigenvalue weighted by molar-refractivity contribution is -0.126. The van der Waals surface area contributed by atoms with Crippen molar-refractivity contribution in [2.75, 3.05) is 6.61 Å². The Hall–Kier alpha value is -0.570. The molecular formula is C10H17NO2. The number of amides is 1. The average molecular weight is 183 g/mol. The van der Waals surface area contributed by atoms with Crippen molar-refractivity contribution >= 4 is 5.91 Å². The molecule has 0 spiro atoms. The topological polar surface area (TPSA) is 49.3 Å². The molecule has 2 aliphatic rings. The van der Waals surface area contributed by atoms with E-state index in [2.05, 4.69) is 5.32 Å². The van der Waals surface area contributed by atoms with E-state index < -0.39 is 0 Å². The molecule has 2 saturated carbocycles. The van der Waals surface area contributed by atoms with E-state index in [1.165, 1.54) is 12.8 Å². The molecule has 3 nitrogen and oxygen atoms in total. The van der Waals surface area contributed by atoms with Crippen molar-refractivity contribution in [1.29, 1.82) is 0 Å². The second-order valence-electron chi connectivity index (χ2n) is 4.55. The fraction of sp³-hybridized carbons (Fsp3) is 0.900. The van der Waals surface area contributed by atoms with Crippen LogP contribution in [0.25, 0.3) is 0 Å². The molecule has 1 amide bonds. The lowest BCUT2D eigenvalue weighted by Crippen LogP contribution is -2.42. The highest BCUT2D eigenvalue weighted by molar-refractivity contribution is 5.80. The molecule has 2 fully saturated rings. The molecule has 2 aliphatic carbocycles. The average Bonchev–Trinajstić information content (AvgIpc) is 2.99. The molecule has 0 bridgehead atoms. The zero-order valence-electron chi connectivity index (χ0n) is 8.05. The van der Waals surface area contributed by atoms with Crippen LogP contribution in [0.5, 0.6) is 0 Å². The standard InChI is InChI=1S/C10H17NO2/c1-7(8-2-3-8)9(13)11-10(6-12)4-5-10/h7-8,12H,2-6H2,1H3,(H,11,13). The highest BCUT2D eigenvalue weighted by atomic mass is 16.3. The molecule has 1 atom stereocenters. The van der Waals surface area contributed by atoms with Gasteiger partial charge in [0.15, 0.2) is 0 Å². The molecule has 0 radical (unpaired) electrons. The van der Waals surface area contributed by atoms with Gasteiger partial charge in [0.05, 0.1) is 12.1 Å². The minimum Gasteiger partial charge on any atom is -0.394 e. The van der Waals surface area contributed by atoms with Gasteiger partial charge < -0.3 is 10.4 Å². The van der Waals surface area contributed by atoms with E-state index in [0.29, 0.717) is 5.92 Å². The van der Waals surface area contributed by atoms with E-state index in [1.807, 2.05) is 6.92 Å². The first-order chi connectivity index (χ1) is 6.17. The number of aliphatic hydroxyl groups is 1. The minimum absolute atomic E-state index is 0.0934. The molecule has 74 valence electrons. The Labute approximate surface area is 78.5 Å². The van der Waals surface area contributed by atoms with Crippen LogP contribution in [-0.4, -0.2) is 23.2 Å². The van der Waals surface area contributed by atoms with Crippen LogP contribution in [0.2, 0.25) is 0 Å². The number of carbonyl (C=O) groups excluding carboxylic acids is 1. The summed E-state index contributed by atoms with van der Waals surface area (Å²) in [7, 11) is 0. The van der Waals surface area contributed by atoms with Gasteiger partial charge in [-0.3, -0.25) is 4.79 Å². The maximum atomic E-state index is 11.6. The molecule has 13 heavy (non-hydrogen) atoms. The molecule has 0 aromatic carbocycles. The van der Waals surface area contributed by atoms with Crippen LogP contribution in [0.1, 0.15) is 32.6 Å². The summed E-state index contributed by atoms with van der Waals surface area (Å²) in [6, 6.07) is 0. The third kappa shape index (κ3) is 1.85. The van der Waals surface area contributed by atoms with Gasteiger partial charge in [-0.15, -0.1) is 0 Å². The quantitative estimate of drug-likeness (QED) is 0.673. The zero-order chi connectivity index (χ0) is 9.47. The van der Waals surface area contributed by atoms with E-state index in [9.17, 15) is 4.79 Å². The molecule has 3 heteroatoms. The van der Waals surface area contributed by atoms with E-state index in [4.69, 9.17) is 5.11 Å². The maximum absolute atomic E-state index is 11.6. The van der Waals surface area contributed by atoms with Gasteiger partial charge in [-0.1, -0.05) is 6.92 Å². The molecule has 2 N–H and O–H groups in total. The predicted octanol–water partition coefficient (Wildman–Crippen LogP) is 0.674. The highest BCUT2D eigenvalue weighted by Crippen LogP contribution is 2.39. The van der Waals surface area contributed by atoms with Crippen molar-refractivity contribution in [3.8, 4) is 0 Å². The van der Waals surface area contributed by atoms with Crippen LogP contribution in [0.3, 0.4) is 0 Å². The van der Waals surface area contributed by atoms with E-state index in [1.54, 1.807) is 0 Å². The first-order valence-electron chi connectivity index (χ1n) is 5.10. The van der Waals surface area contributed by atoms with Gasteiger partial charge in [-0.2, -0.15) is 0 Å². The smallest absolute Gasteiger partial charge is 0.223 e. The largest absolute Gasteiger partial charge is 0.394 e. The second kappa shape index (κ2) is 2.98. The number of aliphatic hydroxyl groups excluding tert-OH is 1. The zero-order valence-corrected chi connectivity index (χ0v) is 8.05. The number of carbonyl (C=O) groups is 1. The summed E-state index contributed by atoms with van der Waals surface area (Å²) in [6.45, 7) is 2.08. The Bertz CT molecular complexity index is 219. The van der Waals surface area contributed by atoms with Gasteiger partial charge in [0.1, 0.15) is 0 Å². The van der Waals surface area contributed by atoms with Gasteiger partial charge in [-0.05, 0) is 31.6 Å². The second-order valence-corrected chi connectivity index (χ2v) is 4.55. The van der Waals surface area contributed by atoms with Gasteiger partial charge in [0, 0.05) is 5.92 Å². The van der Waals surface area contributed by atoms with Gasteiger partial charge in [0.2, 0.25) is 5.91 Å². The number of nitrogens with one attached hydrogen (secondary N) is 1. The normalized spacial score (nSPS) is 26.6. The lowest BCUT2D eigenvalue weighted by Gasteiger charge is -2.17. The van der Waals surface area contributed by atoms with Crippen molar-refractivity contribution in [2.45, 2.75) is 38.1 Å². The van der Waals surface area contributed by atoms with Crippen LogP contribution >= 0.6 is 0 Å². The SMILES string of the molecule is CC(C(=O)NC1(CO)CC1)C1CC1. The van der Waals surface area contributed by atoms with Crippen LogP contribution in [-0.2, 0) is 4.79 Å². The summed E-state index contributed by atoms with van der Waals surface area (Å²) in [4.78, 5) is 11.6. The molecular weight excluding hydrogens is 166 g/mol. The lowest BCUT2D eigenvalue weighted by atomic mass is 10.1. The van der Waals surface area contributed by atoms with Gasteiger partial charge in [0.25, 0.3) is 0 Å². The van der Waals surface area contributed by atoms with E-state index in [-0.39, 0.29) is 24.0 Å². The number of hydrogen-bond donors (Lipinski definition) is 2. The predicted molar refractivity (Wildman–Crippen MR) is 49.1 cm³/mol. The Morgan fingerprint density at radius 3 is 2.62 bits per heavy atom. The summed E-state index contributed by atoms with van der Waals surface area (Å²) in [5.41, 5.74) is -0.236. The molecule has 0 saturated heterocycles. The summed E-state index contributed by atoms with van der Waals surface area (Å²) in [6.07, 6.45) is 4.26. The first-order valence-corrected chi connectivity index (χ1v) is 5.10. The third-order valence-corrected chi connectivity index (χ3v) is 3.29. The highest BCUT2D eigenvalue weighted by Gasteiger charge is 2.45. The fourth-order valence-electron chi connectivity index (χ4n) is 1.66. The van der Waals surface area contributed by atoms with Crippen LogP contribution in [0.4, 0.5) is 0 Å². The van der Waals surface area contributed by atoms with Crippen molar-refractivity contribution in [1.82, 2.24) is 5.32 Å². The number of rotatable bonds is 4. The monoisotopic (exact) mass is 183 g/mol. The summed E-state index contributed by atoms with van der Waals surface area (Å²) in [5, 5.41) is 12.0. The molecule has 0 aliphatic heterocycles. The van der Waals surface area contributed by atoms with Crippen molar-refractivity contribution in [3.05, 3.63) is 0 Å². The Morgan fingerprint density at radius 1 is 1.62 bits per heavy atom. The van der Waals surface area contributed by atoms with Crippen LogP contribution in [0, 0.1) is 11.8 Å². The molecule has 2 rings (SSSR count). The Morgan fingerprint density at radius 2 is 2.23 bits per heavy atom. The van der Waals surface area contributed by atoms with Gasteiger partial charge in [-0.25, -0.2) is 0 Å². The van der Waals surface area contributed by atoms with Crippen molar-refractivity contribution in [3.63, 3.8) is 0 Å². The maximum Gasteiger partial charge on any atom is 0.223 e. The van der Waals surface area contributed by atoms with E-state index >= 15 is 0 Å². The summed E-state index contributed by atoms with van der Waals surface area (Å²) >= 11 is 0. The molecule has 1 unspecified atom stereocenters. The Balaban J connectivity index is 1.83. The van der Waals surface area contributed by atoms with Crippen LogP contribution < -0.4 is 5.32 Å². The van der Waals surface area contributed by atoms with Crippen molar-refractivity contribution in [2.24, 2.45) is 11.8 Å². The fourth-order valence-corrected chi connectivity index (χ4v) is 1.66. The van der Waals surface area contributed by atoms with Crippen LogP contribution in [0.15, 0.2) is 0 Å². The Kier molecular flexibility index (Phi) is 2.06. The minimum atomic E-state index is -0.236. The molecule has 0 aromatic rings. The van der Waals surface area contributed by atoms with Gasteiger partial charge >= 0.3 is 0 Å². The molecule has 0 aromatic heterocycles. The molecule has 0 heterocycles. The first kappa shape index (κ1) is 9.00. The van der Waals surface area contributed by atoms with Crippen molar-refractivity contribution < 1.29 is 9.90 Å².